The van der Waals surface area contributed by atoms with Crippen LogP contribution in [0.25, 0.3) is 0 Å². The Bertz CT molecular complexity index is 565. The van der Waals surface area contributed by atoms with Gasteiger partial charge in [0.15, 0.2) is 0 Å². The number of benzene rings is 1. The van der Waals surface area contributed by atoms with Crippen LogP contribution >= 0.6 is 11.8 Å². The van der Waals surface area contributed by atoms with Crippen LogP contribution in [0.4, 0.5) is 5.69 Å². The maximum Gasteiger partial charge on any atom is 0.240 e. The third-order valence-corrected chi connectivity index (χ3v) is 4.87. The lowest BCUT2D eigenvalue weighted by molar-refractivity contribution is -0.131. The second-order valence-electron chi connectivity index (χ2n) is 5.33. The Balaban J connectivity index is 1.59. The summed E-state index contributed by atoms with van der Waals surface area (Å²) in [7, 11) is 0. The highest BCUT2D eigenvalue weighted by atomic mass is 32.2. The summed E-state index contributed by atoms with van der Waals surface area (Å²) >= 11 is 1.80. The number of rotatable bonds is 3. The van der Waals surface area contributed by atoms with E-state index in [0.717, 1.165) is 36.8 Å². The zero-order valence-corrected chi connectivity index (χ0v) is 12.5. The predicted molar refractivity (Wildman–Crippen MR) is 84.0 cm³/mol. The van der Waals surface area contributed by atoms with Crippen molar-refractivity contribution in [2.24, 2.45) is 0 Å². The number of hydrogen-bond donors (Lipinski definition) is 2. The van der Waals surface area contributed by atoms with Gasteiger partial charge in [0, 0.05) is 24.9 Å². The highest BCUT2D eigenvalue weighted by molar-refractivity contribution is 7.99. The van der Waals surface area contributed by atoms with Crippen LogP contribution in [0.1, 0.15) is 12.0 Å². The molecule has 110 valence electrons. The van der Waals surface area contributed by atoms with Crippen LogP contribution in [0.2, 0.25) is 0 Å². The molecule has 3 rings (SSSR count). The molecule has 2 fully saturated rings. The maximum absolute atomic E-state index is 12.3. The van der Waals surface area contributed by atoms with Crippen LogP contribution in [0.15, 0.2) is 24.3 Å². The van der Waals surface area contributed by atoms with E-state index in [-0.39, 0.29) is 18.0 Å². The first kappa shape index (κ1) is 14.2. The number of nitriles is 1. The fourth-order valence-corrected chi connectivity index (χ4v) is 3.72. The first-order chi connectivity index (χ1) is 10.3. The van der Waals surface area contributed by atoms with E-state index in [1.54, 1.807) is 17.8 Å². The van der Waals surface area contributed by atoms with Crippen molar-refractivity contribution >= 4 is 23.4 Å². The first-order valence-corrected chi connectivity index (χ1v) is 8.29. The van der Waals surface area contributed by atoms with Gasteiger partial charge in [0.25, 0.3) is 0 Å². The van der Waals surface area contributed by atoms with Crippen LogP contribution in [0.3, 0.4) is 0 Å². The summed E-state index contributed by atoms with van der Waals surface area (Å²) in [5.41, 5.74) is 1.49. The highest BCUT2D eigenvalue weighted by Gasteiger charge is 2.33. The van der Waals surface area contributed by atoms with E-state index in [1.807, 2.05) is 23.1 Å². The van der Waals surface area contributed by atoms with Gasteiger partial charge in [-0.05, 0) is 18.6 Å². The molecule has 0 radical (unpaired) electrons. The van der Waals surface area contributed by atoms with Crippen molar-refractivity contribution in [1.29, 1.82) is 5.26 Å². The summed E-state index contributed by atoms with van der Waals surface area (Å²) < 4.78 is 0. The van der Waals surface area contributed by atoms with Crippen molar-refractivity contribution in [3.63, 3.8) is 0 Å². The fourth-order valence-electron chi connectivity index (χ4n) is 2.77. The summed E-state index contributed by atoms with van der Waals surface area (Å²) in [5, 5.41) is 15.8. The second-order valence-corrected chi connectivity index (χ2v) is 6.41. The summed E-state index contributed by atoms with van der Waals surface area (Å²) in [6, 6.07) is 9.75. The molecule has 0 saturated carbocycles. The Morgan fingerprint density at radius 1 is 1.48 bits per heavy atom. The average Bonchev–Trinajstić information content (AvgIpc) is 3.19. The number of nitrogens with zero attached hydrogens (tertiary/aromatic N) is 2. The van der Waals surface area contributed by atoms with Gasteiger partial charge in [0.1, 0.15) is 6.07 Å². The quantitative estimate of drug-likeness (QED) is 0.879. The zero-order valence-electron chi connectivity index (χ0n) is 11.7. The van der Waals surface area contributed by atoms with Gasteiger partial charge in [-0.15, -0.1) is 11.8 Å². The van der Waals surface area contributed by atoms with E-state index < -0.39 is 0 Å². The Kier molecular flexibility index (Phi) is 4.32. The molecule has 0 spiro atoms. The lowest BCUT2D eigenvalue weighted by atomic mass is 10.1. The molecule has 21 heavy (non-hydrogen) atoms. The molecule has 2 aliphatic heterocycles. The molecule has 1 aromatic rings. The Labute approximate surface area is 128 Å². The Morgan fingerprint density at radius 3 is 3.10 bits per heavy atom. The van der Waals surface area contributed by atoms with Crippen molar-refractivity contribution in [2.45, 2.75) is 18.5 Å². The van der Waals surface area contributed by atoms with Crippen molar-refractivity contribution in [1.82, 2.24) is 10.2 Å². The fraction of sp³-hybridized carbons (Fsp3) is 0.467. The monoisotopic (exact) mass is 302 g/mol. The first-order valence-electron chi connectivity index (χ1n) is 7.13. The van der Waals surface area contributed by atoms with Gasteiger partial charge in [0.05, 0.1) is 23.2 Å². The minimum absolute atomic E-state index is 0.101. The summed E-state index contributed by atoms with van der Waals surface area (Å²) in [4.78, 5) is 14.3. The molecule has 2 N–H and O–H groups in total. The number of thioether (sulfide) groups is 1. The largest absolute Gasteiger partial charge is 0.380 e. The van der Waals surface area contributed by atoms with Gasteiger partial charge in [-0.2, -0.15) is 5.26 Å². The van der Waals surface area contributed by atoms with Crippen molar-refractivity contribution < 1.29 is 4.79 Å². The number of anilines is 1. The standard InChI is InChI=1S/C15H18N4OS/c16-8-11-3-1-2-4-13(11)18-12-7-14(17-9-12)15(20)19-5-6-21-10-19/h1-4,12,14,17-18H,5-7,9-10H2/t12-,14-/m0/s1. The average molecular weight is 302 g/mol. The third kappa shape index (κ3) is 3.14. The highest BCUT2D eigenvalue weighted by Crippen LogP contribution is 2.21. The van der Waals surface area contributed by atoms with Crippen LogP contribution in [-0.4, -0.2) is 47.6 Å². The van der Waals surface area contributed by atoms with Gasteiger partial charge in [0.2, 0.25) is 5.91 Å². The van der Waals surface area contributed by atoms with E-state index in [1.165, 1.54) is 0 Å². The molecule has 2 heterocycles. The van der Waals surface area contributed by atoms with Crippen LogP contribution in [0.5, 0.6) is 0 Å². The SMILES string of the molecule is N#Cc1ccccc1N[C@@H]1CN[C@H](C(=O)N2CCSC2)C1. The van der Waals surface area contributed by atoms with Crippen molar-refractivity contribution in [3.8, 4) is 6.07 Å². The molecule has 0 aliphatic carbocycles. The smallest absolute Gasteiger partial charge is 0.240 e. The number of carbonyl (C=O) groups is 1. The minimum atomic E-state index is -0.101. The predicted octanol–water partition coefficient (Wildman–Crippen LogP) is 1.23. The molecule has 2 aliphatic rings. The number of amides is 1. The lowest BCUT2D eigenvalue weighted by Gasteiger charge is -2.19. The minimum Gasteiger partial charge on any atom is -0.380 e. The van der Waals surface area contributed by atoms with Crippen LogP contribution in [0, 0.1) is 11.3 Å². The molecular weight excluding hydrogens is 284 g/mol. The van der Waals surface area contributed by atoms with E-state index in [9.17, 15) is 4.79 Å². The van der Waals surface area contributed by atoms with E-state index in [0.29, 0.717) is 5.56 Å². The number of nitrogens with one attached hydrogen (secondary N) is 2. The van der Waals surface area contributed by atoms with Crippen LogP contribution < -0.4 is 10.6 Å². The van der Waals surface area contributed by atoms with Gasteiger partial charge >= 0.3 is 0 Å². The van der Waals surface area contributed by atoms with E-state index >= 15 is 0 Å². The maximum atomic E-state index is 12.3. The molecular formula is C15H18N4OS. The van der Waals surface area contributed by atoms with Gasteiger partial charge in [-0.1, -0.05) is 12.1 Å². The lowest BCUT2D eigenvalue weighted by Crippen LogP contribution is -2.42. The summed E-state index contributed by atoms with van der Waals surface area (Å²) in [6.07, 6.45) is 0.764. The number of hydrogen-bond acceptors (Lipinski definition) is 5. The van der Waals surface area contributed by atoms with Gasteiger partial charge in [-0.25, -0.2) is 0 Å². The Morgan fingerprint density at radius 2 is 2.33 bits per heavy atom. The molecule has 2 atom stereocenters. The molecule has 6 heteroatoms. The second kappa shape index (κ2) is 6.37. The van der Waals surface area contributed by atoms with E-state index in [4.69, 9.17) is 5.26 Å². The summed E-state index contributed by atoms with van der Waals surface area (Å²) in [6.45, 7) is 1.61. The van der Waals surface area contributed by atoms with Crippen LogP contribution in [-0.2, 0) is 4.79 Å². The van der Waals surface area contributed by atoms with Gasteiger partial charge < -0.3 is 15.5 Å². The number of para-hydroxylation sites is 1. The van der Waals surface area contributed by atoms with Crippen molar-refractivity contribution in [2.75, 3.05) is 30.0 Å². The third-order valence-electron chi connectivity index (χ3n) is 3.90. The normalized spacial score (nSPS) is 24.8. The summed E-state index contributed by atoms with van der Waals surface area (Å²) in [5.74, 6) is 2.06. The topological polar surface area (TPSA) is 68.2 Å². The molecule has 2 saturated heterocycles. The Hall–Kier alpha value is -1.71. The van der Waals surface area contributed by atoms with Crippen molar-refractivity contribution in [3.05, 3.63) is 29.8 Å². The molecule has 0 bridgehead atoms. The molecule has 1 aromatic carbocycles. The molecule has 0 aromatic heterocycles. The van der Waals surface area contributed by atoms with E-state index in [2.05, 4.69) is 16.7 Å². The van der Waals surface area contributed by atoms with Gasteiger partial charge in [-0.3, -0.25) is 4.79 Å². The molecule has 5 nitrogen and oxygen atoms in total. The zero-order chi connectivity index (χ0) is 14.7. The number of carbonyl (C=O) groups excluding carboxylic acids is 1. The molecule has 1 amide bonds. The molecule has 0 unspecified atom stereocenters.